The summed E-state index contributed by atoms with van der Waals surface area (Å²) < 4.78 is 15.4. The second-order valence-electron chi connectivity index (χ2n) is 4.44. The number of hydrogen-bond acceptors (Lipinski definition) is 3. The molecule has 1 unspecified atom stereocenters. The van der Waals surface area contributed by atoms with Gasteiger partial charge in [0, 0.05) is 10.6 Å². The van der Waals surface area contributed by atoms with E-state index in [4.69, 9.17) is 11.6 Å². The van der Waals surface area contributed by atoms with E-state index in [-0.39, 0.29) is 10.6 Å². The maximum Gasteiger partial charge on any atom is 0.130 e. The average molecular weight is 304 g/mol. The fourth-order valence-corrected chi connectivity index (χ4v) is 2.39. The lowest BCUT2D eigenvalue weighted by molar-refractivity contribution is 0.207. The predicted molar refractivity (Wildman–Crippen MR) is 76.8 cm³/mol. The van der Waals surface area contributed by atoms with Crippen LogP contribution in [-0.4, -0.2) is 20.1 Å². The van der Waals surface area contributed by atoms with E-state index in [0.29, 0.717) is 5.69 Å². The first-order chi connectivity index (χ1) is 10.2. The standard InChI is InChI=1S/C15H11ClFN3O/c16-11-7-4-8-12(17)14(11)15(21)13-9-18-19-20(13)10-5-2-1-3-6-10/h1-9,15,21H. The number of rotatable bonds is 3. The van der Waals surface area contributed by atoms with E-state index in [2.05, 4.69) is 10.3 Å². The van der Waals surface area contributed by atoms with Crippen molar-refractivity contribution in [3.63, 3.8) is 0 Å². The normalized spacial score (nSPS) is 12.3. The first-order valence-electron chi connectivity index (χ1n) is 6.26. The van der Waals surface area contributed by atoms with Gasteiger partial charge >= 0.3 is 0 Å². The zero-order valence-corrected chi connectivity index (χ0v) is 11.6. The van der Waals surface area contributed by atoms with Crippen molar-refractivity contribution in [2.75, 3.05) is 0 Å². The minimum Gasteiger partial charge on any atom is -0.382 e. The highest BCUT2D eigenvalue weighted by Crippen LogP contribution is 2.30. The van der Waals surface area contributed by atoms with Crippen LogP contribution in [0, 0.1) is 5.82 Å². The van der Waals surface area contributed by atoms with Crippen molar-refractivity contribution in [3.8, 4) is 5.69 Å². The van der Waals surface area contributed by atoms with Crippen molar-refractivity contribution >= 4 is 11.6 Å². The number of aromatic nitrogens is 3. The Kier molecular flexibility index (Phi) is 3.68. The molecule has 4 nitrogen and oxygen atoms in total. The molecule has 0 saturated heterocycles. The van der Waals surface area contributed by atoms with Gasteiger partial charge in [0.15, 0.2) is 0 Å². The lowest BCUT2D eigenvalue weighted by Gasteiger charge is -2.14. The van der Waals surface area contributed by atoms with Crippen molar-refractivity contribution in [2.45, 2.75) is 6.10 Å². The van der Waals surface area contributed by atoms with E-state index in [9.17, 15) is 9.50 Å². The number of nitrogens with zero attached hydrogens (tertiary/aromatic N) is 3. The topological polar surface area (TPSA) is 50.9 Å². The van der Waals surface area contributed by atoms with Gasteiger partial charge in [0.05, 0.1) is 17.6 Å². The largest absolute Gasteiger partial charge is 0.382 e. The van der Waals surface area contributed by atoms with Crippen LogP contribution in [0.3, 0.4) is 0 Å². The Balaban J connectivity index is 2.08. The molecule has 3 aromatic rings. The van der Waals surface area contributed by atoms with Crippen LogP contribution in [0.15, 0.2) is 54.7 Å². The molecule has 0 bridgehead atoms. The molecule has 2 aromatic carbocycles. The van der Waals surface area contributed by atoms with Gasteiger partial charge in [0.1, 0.15) is 11.9 Å². The molecule has 0 spiro atoms. The molecule has 0 radical (unpaired) electrons. The summed E-state index contributed by atoms with van der Waals surface area (Å²) in [5.41, 5.74) is 1.07. The Bertz CT molecular complexity index is 740. The van der Waals surface area contributed by atoms with Gasteiger partial charge in [-0.15, -0.1) is 5.10 Å². The van der Waals surface area contributed by atoms with Crippen LogP contribution in [-0.2, 0) is 0 Å². The second-order valence-corrected chi connectivity index (χ2v) is 4.85. The van der Waals surface area contributed by atoms with Crippen molar-refractivity contribution in [2.24, 2.45) is 0 Å². The first kappa shape index (κ1) is 13.7. The zero-order valence-electron chi connectivity index (χ0n) is 10.8. The monoisotopic (exact) mass is 303 g/mol. The summed E-state index contributed by atoms with van der Waals surface area (Å²) in [7, 11) is 0. The summed E-state index contributed by atoms with van der Waals surface area (Å²) in [5.74, 6) is -0.573. The highest BCUT2D eigenvalue weighted by Gasteiger charge is 2.23. The van der Waals surface area contributed by atoms with E-state index in [1.807, 2.05) is 30.3 Å². The summed E-state index contributed by atoms with van der Waals surface area (Å²) in [6.07, 6.45) is 0.134. The van der Waals surface area contributed by atoms with Crippen LogP contribution in [0.4, 0.5) is 4.39 Å². The molecular formula is C15H11ClFN3O. The quantitative estimate of drug-likeness (QED) is 0.808. The molecule has 1 atom stereocenters. The highest BCUT2D eigenvalue weighted by molar-refractivity contribution is 6.31. The van der Waals surface area contributed by atoms with Crippen molar-refractivity contribution in [1.29, 1.82) is 0 Å². The third kappa shape index (κ3) is 2.53. The molecule has 0 saturated carbocycles. The molecule has 1 aromatic heterocycles. The summed E-state index contributed by atoms with van der Waals surface area (Å²) in [6, 6.07) is 13.4. The third-order valence-electron chi connectivity index (χ3n) is 3.13. The van der Waals surface area contributed by atoms with Crippen LogP contribution in [0.2, 0.25) is 5.02 Å². The fraction of sp³-hybridized carbons (Fsp3) is 0.0667. The van der Waals surface area contributed by atoms with Crippen molar-refractivity contribution < 1.29 is 9.50 Å². The zero-order chi connectivity index (χ0) is 14.8. The predicted octanol–water partition coefficient (Wildman–Crippen LogP) is 3.14. The van der Waals surface area contributed by atoms with Crippen molar-refractivity contribution in [3.05, 3.63) is 76.8 Å². The van der Waals surface area contributed by atoms with Gasteiger partial charge in [-0.05, 0) is 24.3 Å². The molecule has 0 amide bonds. The van der Waals surface area contributed by atoms with E-state index in [1.165, 1.54) is 29.1 Å². The van der Waals surface area contributed by atoms with Gasteiger partial charge in [-0.1, -0.05) is 41.1 Å². The number of aliphatic hydroxyl groups is 1. The molecule has 6 heteroatoms. The minimum atomic E-state index is -1.26. The second kappa shape index (κ2) is 5.63. The van der Waals surface area contributed by atoms with Crippen LogP contribution >= 0.6 is 11.6 Å². The summed E-state index contributed by atoms with van der Waals surface area (Å²) in [6.45, 7) is 0. The maximum atomic E-state index is 13.9. The number of para-hydroxylation sites is 1. The fourth-order valence-electron chi connectivity index (χ4n) is 2.12. The molecule has 0 aliphatic heterocycles. The first-order valence-corrected chi connectivity index (χ1v) is 6.64. The Morgan fingerprint density at radius 3 is 2.57 bits per heavy atom. The summed E-state index contributed by atoms with van der Waals surface area (Å²) in [5, 5.41) is 18.3. The Morgan fingerprint density at radius 1 is 1.10 bits per heavy atom. The molecule has 1 N–H and O–H groups in total. The third-order valence-corrected chi connectivity index (χ3v) is 3.46. The Hall–Kier alpha value is -2.24. The van der Waals surface area contributed by atoms with Crippen LogP contribution in [0.5, 0.6) is 0 Å². The van der Waals surface area contributed by atoms with Gasteiger partial charge in [0.2, 0.25) is 0 Å². The van der Waals surface area contributed by atoms with Gasteiger partial charge in [-0.25, -0.2) is 9.07 Å². The molecule has 3 rings (SSSR count). The van der Waals surface area contributed by atoms with Gasteiger partial charge in [0.25, 0.3) is 0 Å². The molecule has 1 heterocycles. The molecule has 0 aliphatic carbocycles. The Morgan fingerprint density at radius 2 is 1.86 bits per heavy atom. The number of benzene rings is 2. The summed E-state index contributed by atoms with van der Waals surface area (Å²) in [4.78, 5) is 0. The van der Waals surface area contributed by atoms with Gasteiger partial charge in [-0.3, -0.25) is 0 Å². The van der Waals surface area contributed by atoms with Gasteiger partial charge < -0.3 is 5.11 Å². The van der Waals surface area contributed by atoms with Crippen molar-refractivity contribution in [1.82, 2.24) is 15.0 Å². The SMILES string of the molecule is OC(c1c(F)cccc1Cl)c1cnnn1-c1ccccc1. The molecule has 106 valence electrons. The van der Waals surface area contributed by atoms with Gasteiger partial charge in [-0.2, -0.15) is 0 Å². The highest BCUT2D eigenvalue weighted by atomic mass is 35.5. The molecule has 0 aliphatic rings. The lowest BCUT2D eigenvalue weighted by Crippen LogP contribution is -2.10. The Labute approximate surface area is 125 Å². The lowest BCUT2D eigenvalue weighted by atomic mass is 10.1. The minimum absolute atomic E-state index is 0.0126. The molecule has 0 fully saturated rings. The molecular weight excluding hydrogens is 293 g/mol. The molecule has 21 heavy (non-hydrogen) atoms. The van der Waals surface area contributed by atoms with E-state index in [1.54, 1.807) is 0 Å². The number of hydrogen-bond donors (Lipinski definition) is 1. The van der Waals surface area contributed by atoms with Crippen LogP contribution in [0.1, 0.15) is 17.4 Å². The van der Waals surface area contributed by atoms with Crippen LogP contribution in [0.25, 0.3) is 5.69 Å². The number of halogens is 2. The summed E-state index contributed by atoms with van der Waals surface area (Å²) >= 11 is 5.99. The average Bonchev–Trinajstić information content (AvgIpc) is 2.97. The smallest absolute Gasteiger partial charge is 0.130 e. The number of aliphatic hydroxyl groups excluding tert-OH is 1. The maximum absolute atomic E-state index is 13.9. The van der Waals surface area contributed by atoms with E-state index in [0.717, 1.165) is 5.69 Å². The van der Waals surface area contributed by atoms with E-state index >= 15 is 0 Å². The van der Waals surface area contributed by atoms with E-state index < -0.39 is 11.9 Å². The van der Waals surface area contributed by atoms with Crippen LogP contribution < -0.4 is 0 Å².